The van der Waals surface area contributed by atoms with Crippen molar-refractivity contribution in [2.75, 3.05) is 0 Å². The van der Waals surface area contributed by atoms with Crippen molar-refractivity contribution in [1.29, 1.82) is 0 Å². The normalized spacial score (nSPS) is 12.7. The van der Waals surface area contributed by atoms with E-state index in [4.69, 9.17) is 5.73 Å². The van der Waals surface area contributed by atoms with Crippen LogP contribution in [0.5, 0.6) is 0 Å². The SMILES string of the molecule is Cc1nn(C)c(Sc2cccc(Br)c2)c1CC(C)N. The Morgan fingerprint density at radius 3 is 2.84 bits per heavy atom. The summed E-state index contributed by atoms with van der Waals surface area (Å²) in [6.45, 7) is 4.07. The van der Waals surface area contributed by atoms with Gasteiger partial charge >= 0.3 is 0 Å². The molecule has 3 nitrogen and oxygen atoms in total. The number of aryl methyl sites for hydroxylation is 2. The molecule has 1 heterocycles. The number of nitrogens with two attached hydrogens (primary N) is 1. The molecule has 0 saturated carbocycles. The maximum atomic E-state index is 5.94. The molecule has 1 aromatic carbocycles. The number of benzene rings is 1. The van der Waals surface area contributed by atoms with E-state index in [1.807, 2.05) is 37.7 Å². The van der Waals surface area contributed by atoms with Crippen LogP contribution in [-0.4, -0.2) is 15.8 Å². The van der Waals surface area contributed by atoms with E-state index in [2.05, 4.69) is 33.2 Å². The number of rotatable bonds is 4. The fourth-order valence-corrected chi connectivity index (χ4v) is 3.64. The van der Waals surface area contributed by atoms with E-state index in [0.29, 0.717) is 0 Å². The van der Waals surface area contributed by atoms with Gasteiger partial charge in [0.1, 0.15) is 5.03 Å². The van der Waals surface area contributed by atoms with Crippen molar-refractivity contribution < 1.29 is 0 Å². The molecule has 0 aliphatic carbocycles. The van der Waals surface area contributed by atoms with Gasteiger partial charge in [0.05, 0.1) is 5.69 Å². The van der Waals surface area contributed by atoms with Gasteiger partial charge in [0.25, 0.3) is 0 Å². The van der Waals surface area contributed by atoms with E-state index < -0.39 is 0 Å². The average Bonchev–Trinajstić information content (AvgIpc) is 2.56. The lowest BCUT2D eigenvalue weighted by atomic mass is 10.1. The molecule has 5 heteroatoms. The summed E-state index contributed by atoms with van der Waals surface area (Å²) in [6, 6.07) is 8.43. The zero-order valence-corrected chi connectivity index (χ0v) is 13.8. The summed E-state index contributed by atoms with van der Waals surface area (Å²) in [5, 5.41) is 5.69. The van der Waals surface area contributed by atoms with Crippen molar-refractivity contribution in [2.24, 2.45) is 12.8 Å². The molecule has 0 aliphatic rings. The highest BCUT2D eigenvalue weighted by molar-refractivity contribution is 9.10. The summed E-state index contributed by atoms with van der Waals surface area (Å²) >= 11 is 5.24. The van der Waals surface area contributed by atoms with Gasteiger partial charge in [-0.05, 0) is 38.5 Å². The topological polar surface area (TPSA) is 43.8 Å². The van der Waals surface area contributed by atoms with E-state index >= 15 is 0 Å². The lowest BCUT2D eigenvalue weighted by Crippen LogP contribution is -2.18. The van der Waals surface area contributed by atoms with Crippen molar-refractivity contribution in [3.63, 3.8) is 0 Å². The lowest BCUT2D eigenvalue weighted by Gasteiger charge is -2.09. The van der Waals surface area contributed by atoms with Crippen LogP contribution in [0.4, 0.5) is 0 Å². The largest absolute Gasteiger partial charge is 0.328 e. The minimum Gasteiger partial charge on any atom is -0.328 e. The second-order valence-electron chi connectivity index (χ2n) is 4.73. The van der Waals surface area contributed by atoms with Crippen LogP contribution in [0.1, 0.15) is 18.2 Å². The molecule has 2 aromatic rings. The van der Waals surface area contributed by atoms with Crippen LogP contribution >= 0.6 is 27.7 Å². The summed E-state index contributed by atoms with van der Waals surface area (Å²) in [5.74, 6) is 0. The summed E-state index contributed by atoms with van der Waals surface area (Å²) in [6.07, 6.45) is 0.857. The minimum absolute atomic E-state index is 0.143. The predicted octanol–water partition coefficient (Wildman–Crippen LogP) is 3.53. The van der Waals surface area contributed by atoms with Crippen molar-refractivity contribution >= 4 is 27.7 Å². The Balaban J connectivity index is 2.33. The van der Waals surface area contributed by atoms with Gasteiger partial charge in [-0.15, -0.1) is 0 Å². The van der Waals surface area contributed by atoms with Crippen molar-refractivity contribution in [3.8, 4) is 0 Å². The van der Waals surface area contributed by atoms with E-state index in [1.54, 1.807) is 11.8 Å². The highest BCUT2D eigenvalue weighted by Gasteiger charge is 2.15. The fourth-order valence-electron chi connectivity index (χ4n) is 2.01. The molecule has 1 atom stereocenters. The Morgan fingerprint density at radius 1 is 1.47 bits per heavy atom. The third-order valence-corrected chi connectivity index (χ3v) is 4.51. The Bertz CT molecular complexity index is 578. The highest BCUT2D eigenvalue weighted by Crippen LogP contribution is 2.33. The molecule has 0 saturated heterocycles. The second kappa shape index (κ2) is 6.11. The number of halogens is 1. The summed E-state index contributed by atoms with van der Waals surface area (Å²) in [5.41, 5.74) is 8.25. The van der Waals surface area contributed by atoms with Gasteiger partial charge in [-0.1, -0.05) is 33.8 Å². The third kappa shape index (κ3) is 3.61. The van der Waals surface area contributed by atoms with Gasteiger partial charge in [-0.25, -0.2) is 0 Å². The van der Waals surface area contributed by atoms with Gasteiger partial charge in [0, 0.05) is 28.0 Å². The molecule has 0 aliphatic heterocycles. The Hall–Kier alpha value is -0.780. The third-order valence-electron chi connectivity index (χ3n) is 2.83. The number of hydrogen-bond acceptors (Lipinski definition) is 3. The number of aromatic nitrogens is 2. The molecule has 0 amide bonds. The van der Waals surface area contributed by atoms with Gasteiger partial charge in [-0.2, -0.15) is 5.10 Å². The molecule has 0 radical (unpaired) electrons. The predicted molar refractivity (Wildman–Crippen MR) is 83.6 cm³/mol. The van der Waals surface area contributed by atoms with E-state index in [1.165, 1.54) is 15.5 Å². The zero-order valence-electron chi connectivity index (χ0n) is 11.4. The zero-order chi connectivity index (χ0) is 14.0. The average molecular weight is 340 g/mol. The summed E-state index contributed by atoms with van der Waals surface area (Å²) in [7, 11) is 1.98. The molecule has 0 bridgehead atoms. The van der Waals surface area contributed by atoms with Crippen LogP contribution in [0.15, 0.2) is 38.7 Å². The van der Waals surface area contributed by atoms with Crippen LogP contribution in [0.2, 0.25) is 0 Å². The standard InChI is InChI=1S/C14H18BrN3S/c1-9(16)7-13-10(2)17-18(3)14(13)19-12-6-4-5-11(15)8-12/h4-6,8-9H,7,16H2,1-3H3. The molecule has 19 heavy (non-hydrogen) atoms. The van der Waals surface area contributed by atoms with Crippen molar-refractivity contribution in [1.82, 2.24) is 9.78 Å². The van der Waals surface area contributed by atoms with Crippen molar-refractivity contribution in [2.45, 2.75) is 36.2 Å². The van der Waals surface area contributed by atoms with E-state index in [9.17, 15) is 0 Å². The smallest absolute Gasteiger partial charge is 0.102 e. The minimum atomic E-state index is 0.143. The first-order chi connectivity index (χ1) is 8.97. The highest BCUT2D eigenvalue weighted by atomic mass is 79.9. The molecule has 1 unspecified atom stereocenters. The number of hydrogen-bond donors (Lipinski definition) is 1. The van der Waals surface area contributed by atoms with Gasteiger partial charge in [-0.3, -0.25) is 4.68 Å². The maximum Gasteiger partial charge on any atom is 0.102 e. The molecular formula is C14H18BrN3S. The second-order valence-corrected chi connectivity index (χ2v) is 6.71. The molecule has 0 spiro atoms. The maximum absolute atomic E-state index is 5.94. The quantitative estimate of drug-likeness (QED) is 0.926. The van der Waals surface area contributed by atoms with E-state index in [-0.39, 0.29) is 6.04 Å². The first-order valence-electron chi connectivity index (χ1n) is 6.19. The molecule has 2 rings (SSSR count). The molecule has 102 valence electrons. The van der Waals surface area contributed by atoms with Gasteiger partial charge in [0.2, 0.25) is 0 Å². The Kier molecular flexibility index (Phi) is 4.71. The van der Waals surface area contributed by atoms with Crippen LogP contribution in [0.25, 0.3) is 0 Å². The fraction of sp³-hybridized carbons (Fsp3) is 0.357. The first kappa shape index (κ1) is 14.6. The number of nitrogens with zero attached hydrogens (tertiary/aromatic N) is 2. The van der Waals surface area contributed by atoms with Crippen molar-refractivity contribution in [3.05, 3.63) is 40.0 Å². The Labute approximate surface area is 126 Å². The molecule has 0 fully saturated rings. The van der Waals surface area contributed by atoms with Crippen LogP contribution in [0.3, 0.4) is 0 Å². The van der Waals surface area contributed by atoms with Crippen LogP contribution in [0, 0.1) is 6.92 Å². The van der Waals surface area contributed by atoms with Crippen LogP contribution in [-0.2, 0) is 13.5 Å². The first-order valence-corrected chi connectivity index (χ1v) is 7.80. The van der Waals surface area contributed by atoms with Gasteiger partial charge in [0.15, 0.2) is 0 Å². The van der Waals surface area contributed by atoms with Crippen LogP contribution < -0.4 is 5.73 Å². The summed E-state index contributed by atoms with van der Waals surface area (Å²) < 4.78 is 3.03. The molecule has 2 N–H and O–H groups in total. The van der Waals surface area contributed by atoms with E-state index in [0.717, 1.165) is 16.6 Å². The summed E-state index contributed by atoms with van der Waals surface area (Å²) in [4.78, 5) is 1.20. The molecule has 1 aromatic heterocycles. The molecular weight excluding hydrogens is 322 g/mol. The lowest BCUT2D eigenvalue weighted by molar-refractivity contribution is 0.677. The monoisotopic (exact) mass is 339 g/mol. The Morgan fingerprint density at radius 2 is 2.21 bits per heavy atom. The van der Waals surface area contributed by atoms with Gasteiger partial charge < -0.3 is 5.73 Å².